The van der Waals surface area contributed by atoms with Gasteiger partial charge < -0.3 is 15.3 Å². The Morgan fingerprint density at radius 2 is 1.69 bits per heavy atom. The van der Waals surface area contributed by atoms with Crippen LogP contribution < -0.4 is 10.2 Å². The van der Waals surface area contributed by atoms with Gasteiger partial charge in [-0.2, -0.15) is 0 Å². The highest BCUT2D eigenvalue weighted by atomic mass is 19.1. The smallest absolute Gasteiger partial charge is 0.336 e. The summed E-state index contributed by atoms with van der Waals surface area (Å²) in [6.45, 7) is 3.08. The minimum atomic E-state index is -1.02. The van der Waals surface area contributed by atoms with Gasteiger partial charge in [0.25, 0.3) is 5.91 Å². The number of nitrogens with zero attached hydrogens (tertiary/aromatic N) is 1. The number of aromatic carboxylic acids is 1. The minimum Gasteiger partial charge on any atom is -0.478 e. The topological polar surface area (TPSA) is 69.6 Å². The van der Waals surface area contributed by atoms with E-state index in [1.54, 1.807) is 36.4 Å². The molecular formula is C36H31FN2O3. The summed E-state index contributed by atoms with van der Waals surface area (Å²) < 4.78 is 15.0. The van der Waals surface area contributed by atoms with Crippen LogP contribution in [0.4, 0.5) is 10.1 Å². The van der Waals surface area contributed by atoms with E-state index in [1.165, 1.54) is 6.07 Å². The van der Waals surface area contributed by atoms with Gasteiger partial charge in [0, 0.05) is 29.9 Å². The molecule has 1 atom stereocenters. The van der Waals surface area contributed by atoms with E-state index in [2.05, 4.69) is 34.5 Å². The Morgan fingerprint density at radius 1 is 0.905 bits per heavy atom. The first-order chi connectivity index (χ1) is 20.4. The molecule has 0 saturated carbocycles. The highest BCUT2D eigenvalue weighted by molar-refractivity contribution is 5.96. The highest BCUT2D eigenvalue weighted by Crippen LogP contribution is 2.32. The molecule has 0 unspecified atom stereocenters. The lowest BCUT2D eigenvalue weighted by Gasteiger charge is -2.32. The van der Waals surface area contributed by atoms with Gasteiger partial charge in [0.15, 0.2) is 0 Å². The van der Waals surface area contributed by atoms with E-state index < -0.39 is 5.97 Å². The number of carboxylic acids is 1. The lowest BCUT2D eigenvalue weighted by atomic mass is 9.96. The molecule has 210 valence electrons. The first-order valence-corrected chi connectivity index (χ1v) is 14.2. The number of benzene rings is 5. The Morgan fingerprint density at radius 3 is 2.52 bits per heavy atom. The highest BCUT2D eigenvalue weighted by Gasteiger charge is 2.21. The van der Waals surface area contributed by atoms with E-state index in [0.29, 0.717) is 28.8 Å². The lowest BCUT2D eigenvalue weighted by molar-refractivity contribution is 0.0697. The third kappa shape index (κ3) is 5.48. The average Bonchev–Trinajstić information content (AvgIpc) is 3.01. The molecule has 42 heavy (non-hydrogen) atoms. The first kappa shape index (κ1) is 27.2. The van der Waals surface area contributed by atoms with Crippen LogP contribution >= 0.6 is 0 Å². The molecule has 2 N–H and O–H groups in total. The maximum absolute atomic E-state index is 15.0. The van der Waals surface area contributed by atoms with Gasteiger partial charge in [0.05, 0.1) is 11.6 Å². The SMILES string of the molecule is C[C@H](NC(=O)c1ccc2c(c1)CCCN2Cc1cc(-c2ccccc2C(=O)O)ccc1F)c1ccc2ccccc2c1. The molecular weight excluding hydrogens is 527 g/mol. The molecule has 5 aromatic rings. The summed E-state index contributed by atoms with van der Waals surface area (Å²) in [4.78, 5) is 27.1. The number of hydrogen-bond acceptors (Lipinski definition) is 3. The van der Waals surface area contributed by atoms with E-state index in [4.69, 9.17) is 0 Å². The molecule has 1 heterocycles. The van der Waals surface area contributed by atoms with Crippen LogP contribution in [0.1, 0.15) is 56.8 Å². The number of carboxylic acid groups (broad SMARTS) is 1. The van der Waals surface area contributed by atoms with E-state index in [0.717, 1.165) is 47.0 Å². The number of anilines is 1. The maximum Gasteiger partial charge on any atom is 0.336 e. The molecule has 0 spiro atoms. The van der Waals surface area contributed by atoms with Gasteiger partial charge >= 0.3 is 5.97 Å². The summed E-state index contributed by atoms with van der Waals surface area (Å²) in [5.41, 5.74) is 5.57. The van der Waals surface area contributed by atoms with Gasteiger partial charge in [-0.3, -0.25) is 4.79 Å². The molecule has 1 aliphatic rings. The van der Waals surface area contributed by atoms with Gasteiger partial charge in [-0.15, -0.1) is 0 Å². The quantitative estimate of drug-likeness (QED) is 0.214. The van der Waals surface area contributed by atoms with Gasteiger partial charge in [-0.25, -0.2) is 9.18 Å². The molecule has 0 bridgehead atoms. The number of carbonyl (C=O) groups excluding carboxylic acids is 1. The van der Waals surface area contributed by atoms with E-state index in [9.17, 15) is 19.1 Å². The summed E-state index contributed by atoms with van der Waals surface area (Å²) in [5.74, 6) is -1.49. The predicted molar refractivity (Wildman–Crippen MR) is 164 cm³/mol. The summed E-state index contributed by atoms with van der Waals surface area (Å²) in [5, 5.41) is 15.0. The standard InChI is InChI=1S/C36H31FN2O3/c1-23(25-13-12-24-7-2-3-8-26(24)19-25)38-35(40)29-15-17-34-28(21-29)9-6-18-39(34)22-30-20-27(14-16-33(30)37)31-10-4-5-11-32(31)36(41)42/h2-5,7-8,10-17,19-21,23H,6,9,18,22H2,1H3,(H,38,40)(H,41,42)/t23-/m0/s1. The number of nitrogens with one attached hydrogen (secondary N) is 1. The van der Waals surface area contributed by atoms with E-state index in [-0.39, 0.29) is 23.3 Å². The zero-order valence-corrected chi connectivity index (χ0v) is 23.3. The Balaban J connectivity index is 1.20. The van der Waals surface area contributed by atoms with E-state index in [1.807, 2.05) is 43.3 Å². The normalized spacial score (nSPS) is 13.4. The zero-order chi connectivity index (χ0) is 29.2. The third-order valence-electron chi connectivity index (χ3n) is 8.05. The fraction of sp³-hybridized carbons (Fsp3) is 0.167. The van der Waals surface area contributed by atoms with Crippen molar-refractivity contribution in [2.45, 2.75) is 32.4 Å². The van der Waals surface area contributed by atoms with Crippen molar-refractivity contribution in [3.63, 3.8) is 0 Å². The Bertz CT molecular complexity index is 1820. The van der Waals surface area contributed by atoms with Crippen molar-refractivity contribution in [2.75, 3.05) is 11.4 Å². The average molecular weight is 559 g/mol. The number of rotatable bonds is 7. The predicted octanol–water partition coefficient (Wildman–Crippen LogP) is 7.79. The number of halogens is 1. The van der Waals surface area contributed by atoms with Gasteiger partial charge in [0.1, 0.15) is 5.82 Å². The molecule has 5 aromatic carbocycles. The van der Waals surface area contributed by atoms with Gasteiger partial charge in [0.2, 0.25) is 0 Å². The monoisotopic (exact) mass is 558 g/mol. The molecule has 0 aliphatic carbocycles. The van der Waals surface area contributed by atoms with Crippen molar-refractivity contribution in [2.24, 2.45) is 0 Å². The van der Waals surface area contributed by atoms with Crippen molar-refractivity contribution >= 4 is 28.3 Å². The number of carbonyl (C=O) groups is 2. The number of aryl methyl sites for hydroxylation is 1. The maximum atomic E-state index is 15.0. The van der Waals surface area contributed by atoms with Crippen molar-refractivity contribution in [1.29, 1.82) is 0 Å². The number of hydrogen-bond donors (Lipinski definition) is 2. The fourth-order valence-corrected chi connectivity index (χ4v) is 5.81. The van der Waals surface area contributed by atoms with Crippen LogP contribution in [0, 0.1) is 5.82 Å². The Kier molecular flexibility index (Phi) is 7.44. The van der Waals surface area contributed by atoms with Crippen molar-refractivity contribution in [1.82, 2.24) is 5.32 Å². The van der Waals surface area contributed by atoms with Crippen LogP contribution in [0.15, 0.2) is 103 Å². The van der Waals surface area contributed by atoms with Crippen LogP contribution in [0.2, 0.25) is 0 Å². The number of fused-ring (bicyclic) bond motifs is 2. The third-order valence-corrected chi connectivity index (χ3v) is 8.05. The molecule has 0 fully saturated rings. The van der Waals surface area contributed by atoms with Crippen molar-refractivity contribution in [3.05, 3.63) is 137 Å². The summed E-state index contributed by atoms with van der Waals surface area (Å²) in [7, 11) is 0. The van der Waals surface area contributed by atoms with Crippen LogP contribution in [0.25, 0.3) is 21.9 Å². The lowest BCUT2D eigenvalue weighted by Crippen LogP contribution is -2.30. The summed E-state index contributed by atoms with van der Waals surface area (Å²) in [6, 6.07) is 31.5. The van der Waals surface area contributed by atoms with Gasteiger partial charge in [-0.1, -0.05) is 60.7 Å². The molecule has 5 nitrogen and oxygen atoms in total. The Hall–Kier alpha value is -4.97. The molecule has 0 radical (unpaired) electrons. The molecule has 0 saturated heterocycles. The zero-order valence-electron chi connectivity index (χ0n) is 23.3. The van der Waals surface area contributed by atoms with Crippen molar-refractivity contribution < 1.29 is 19.1 Å². The first-order valence-electron chi connectivity index (χ1n) is 14.2. The molecule has 6 heteroatoms. The largest absolute Gasteiger partial charge is 0.478 e. The van der Waals surface area contributed by atoms with Crippen LogP contribution in [-0.2, 0) is 13.0 Å². The molecule has 0 aromatic heterocycles. The second kappa shape index (κ2) is 11.5. The van der Waals surface area contributed by atoms with Gasteiger partial charge in [-0.05, 0) is 95.3 Å². The van der Waals surface area contributed by atoms with Crippen LogP contribution in [0.5, 0.6) is 0 Å². The molecule has 6 rings (SSSR count). The second-order valence-electron chi connectivity index (χ2n) is 10.8. The molecule has 1 aliphatic heterocycles. The summed E-state index contributed by atoms with van der Waals surface area (Å²) in [6.07, 6.45) is 1.72. The molecule has 1 amide bonds. The minimum absolute atomic E-state index is 0.133. The number of amides is 1. The van der Waals surface area contributed by atoms with Crippen LogP contribution in [-0.4, -0.2) is 23.5 Å². The Labute approximate surface area is 244 Å². The fourth-order valence-electron chi connectivity index (χ4n) is 5.81. The second-order valence-corrected chi connectivity index (χ2v) is 10.8. The van der Waals surface area contributed by atoms with E-state index >= 15 is 0 Å². The summed E-state index contributed by atoms with van der Waals surface area (Å²) >= 11 is 0. The van der Waals surface area contributed by atoms with Crippen LogP contribution in [0.3, 0.4) is 0 Å². The van der Waals surface area contributed by atoms with Crippen molar-refractivity contribution in [3.8, 4) is 11.1 Å².